The van der Waals surface area contributed by atoms with Gasteiger partial charge in [0.2, 0.25) is 5.88 Å². The lowest BCUT2D eigenvalue weighted by molar-refractivity contribution is -0.137. The van der Waals surface area contributed by atoms with Crippen LogP contribution in [0.1, 0.15) is 42.0 Å². The van der Waals surface area contributed by atoms with E-state index in [1.54, 1.807) is 31.4 Å². The minimum absolute atomic E-state index is 0.183. The van der Waals surface area contributed by atoms with Crippen LogP contribution < -0.4 is 14.2 Å². The lowest BCUT2D eigenvalue weighted by Crippen LogP contribution is -2.04. The highest BCUT2D eigenvalue weighted by molar-refractivity contribution is 6.30. The predicted molar refractivity (Wildman–Crippen MR) is 136 cm³/mol. The first kappa shape index (κ1) is 26.4. The van der Waals surface area contributed by atoms with E-state index in [-0.39, 0.29) is 30.7 Å². The fourth-order valence-corrected chi connectivity index (χ4v) is 3.98. The van der Waals surface area contributed by atoms with Gasteiger partial charge in [0.05, 0.1) is 23.9 Å². The molecule has 0 saturated carbocycles. The molecule has 0 saturated heterocycles. The van der Waals surface area contributed by atoms with Gasteiger partial charge in [0.1, 0.15) is 24.7 Å². The van der Waals surface area contributed by atoms with Crippen molar-refractivity contribution in [2.45, 2.75) is 39.2 Å². The molecule has 9 heteroatoms. The van der Waals surface area contributed by atoms with Crippen LogP contribution in [0.4, 0.5) is 13.2 Å². The first-order chi connectivity index (χ1) is 17.6. The Labute approximate surface area is 218 Å². The highest BCUT2D eigenvalue weighted by Crippen LogP contribution is 2.36. The summed E-state index contributed by atoms with van der Waals surface area (Å²) in [5, 5.41) is 0.647. The molecule has 2 aromatic carbocycles. The van der Waals surface area contributed by atoms with Gasteiger partial charge in [-0.15, -0.1) is 0 Å². The van der Waals surface area contributed by atoms with Crippen LogP contribution in [0, 0.1) is 0 Å². The summed E-state index contributed by atoms with van der Waals surface area (Å²) in [5.41, 5.74) is 2.71. The Hall–Kier alpha value is -3.65. The molecule has 0 spiro atoms. The molecule has 0 aliphatic heterocycles. The minimum atomic E-state index is -4.47. The van der Waals surface area contributed by atoms with Gasteiger partial charge in [-0.25, -0.2) is 4.98 Å². The number of benzene rings is 2. The Morgan fingerprint density at radius 2 is 1.73 bits per heavy atom. The van der Waals surface area contributed by atoms with Crippen molar-refractivity contribution in [1.29, 1.82) is 0 Å². The Balaban J connectivity index is 1.61. The third-order valence-electron chi connectivity index (χ3n) is 5.80. The number of hydrogen-bond donors (Lipinski definition) is 1. The molecule has 194 valence electrons. The van der Waals surface area contributed by atoms with Crippen LogP contribution in [0.5, 0.6) is 17.4 Å². The Morgan fingerprint density at radius 3 is 2.38 bits per heavy atom. The highest BCUT2D eigenvalue weighted by Gasteiger charge is 2.32. The second-order valence-electron chi connectivity index (χ2n) is 8.74. The predicted octanol–water partition coefficient (Wildman–Crippen LogP) is 8.04. The molecule has 0 radical (unpaired) electrons. The average molecular weight is 531 g/mol. The highest BCUT2D eigenvalue weighted by atomic mass is 35.5. The number of methoxy groups -OCH3 is 1. The summed E-state index contributed by atoms with van der Waals surface area (Å²) in [6.07, 6.45) is -2.11. The van der Waals surface area contributed by atoms with E-state index in [1.807, 2.05) is 24.3 Å². The van der Waals surface area contributed by atoms with Crippen molar-refractivity contribution in [3.63, 3.8) is 0 Å². The quantitative estimate of drug-likeness (QED) is 0.238. The molecule has 1 N–H and O–H groups in total. The molecule has 0 aliphatic rings. The number of pyridine rings is 1. The fraction of sp³-hybridized carbons (Fsp3) is 0.250. The van der Waals surface area contributed by atoms with E-state index < -0.39 is 11.7 Å². The molecule has 0 aliphatic carbocycles. The monoisotopic (exact) mass is 530 g/mol. The van der Waals surface area contributed by atoms with Crippen LogP contribution in [0.15, 0.2) is 67.0 Å². The average Bonchev–Trinajstić information content (AvgIpc) is 3.38. The number of aromatic amines is 1. The van der Waals surface area contributed by atoms with Crippen LogP contribution >= 0.6 is 11.6 Å². The van der Waals surface area contributed by atoms with E-state index in [0.29, 0.717) is 22.1 Å². The first-order valence-electron chi connectivity index (χ1n) is 11.6. The topological polar surface area (TPSA) is 56.4 Å². The number of aromatic nitrogens is 2. The van der Waals surface area contributed by atoms with Crippen molar-refractivity contribution >= 4 is 11.6 Å². The molecular weight excluding hydrogens is 505 g/mol. The molecule has 2 aromatic heterocycles. The number of alkyl halides is 3. The molecule has 0 unspecified atom stereocenters. The zero-order chi connectivity index (χ0) is 26.6. The summed E-state index contributed by atoms with van der Waals surface area (Å²) in [4.78, 5) is 7.00. The summed E-state index contributed by atoms with van der Waals surface area (Å²) >= 11 is 6.16. The maximum Gasteiger partial charge on any atom is 0.417 e. The zero-order valence-corrected chi connectivity index (χ0v) is 21.3. The number of nitrogens with zero attached hydrogens (tertiary/aromatic N) is 1. The molecule has 0 amide bonds. The Bertz CT molecular complexity index is 1350. The second kappa shape index (κ2) is 11.2. The summed E-state index contributed by atoms with van der Waals surface area (Å²) in [6.45, 7) is 4.56. The molecular formula is C28H26ClF3N2O3. The van der Waals surface area contributed by atoms with Gasteiger partial charge >= 0.3 is 6.18 Å². The van der Waals surface area contributed by atoms with Crippen molar-refractivity contribution in [2.75, 3.05) is 7.11 Å². The van der Waals surface area contributed by atoms with E-state index in [9.17, 15) is 13.2 Å². The van der Waals surface area contributed by atoms with Gasteiger partial charge in [0.15, 0.2) is 0 Å². The van der Waals surface area contributed by atoms with Crippen molar-refractivity contribution < 1.29 is 27.4 Å². The van der Waals surface area contributed by atoms with Gasteiger partial charge < -0.3 is 19.2 Å². The maximum atomic E-state index is 13.2. The second-order valence-corrected chi connectivity index (χ2v) is 9.18. The number of nitrogens with one attached hydrogen (secondary N) is 1. The number of hydrogen-bond acceptors (Lipinski definition) is 4. The van der Waals surface area contributed by atoms with Crippen molar-refractivity contribution in [2.24, 2.45) is 0 Å². The molecule has 0 atom stereocenters. The van der Waals surface area contributed by atoms with Gasteiger partial charge in [-0.2, -0.15) is 13.2 Å². The molecule has 4 aromatic rings. The molecule has 4 rings (SSSR count). The Kier molecular flexibility index (Phi) is 7.97. The van der Waals surface area contributed by atoms with Crippen LogP contribution in [-0.2, 0) is 19.4 Å². The fourth-order valence-electron chi connectivity index (χ4n) is 3.80. The van der Waals surface area contributed by atoms with Crippen LogP contribution in [0.3, 0.4) is 0 Å². The van der Waals surface area contributed by atoms with Gasteiger partial charge in [0, 0.05) is 23.5 Å². The van der Waals surface area contributed by atoms with E-state index in [2.05, 4.69) is 23.8 Å². The number of ether oxygens (including phenoxy) is 3. The van der Waals surface area contributed by atoms with Gasteiger partial charge in [-0.1, -0.05) is 43.6 Å². The minimum Gasteiger partial charge on any atom is -0.497 e. The molecule has 5 nitrogen and oxygen atoms in total. The zero-order valence-electron chi connectivity index (χ0n) is 20.5. The SMILES string of the molecule is COc1ccc(COc2cc(OCc3ccc(Cl)cc3C(C)C)ncc2-c2cc(C(F)(F)F)c[nH]2)cc1. The number of H-pyrrole nitrogens is 1. The van der Waals surface area contributed by atoms with Crippen LogP contribution in [0.25, 0.3) is 11.3 Å². The van der Waals surface area contributed by atoms with Gasteiger partial charge in [0.25, 0.3) is 0 Å². The number of rotatable bonds is 9. The maximum absolute atomic E-state index is 13.2. The third-order valence-corrected chi connectivity index (χ3v) is 6.04. The van der Waals surface area contributed by atoms with E-state index >= 15 is 0 Å². The normalized spacial score (nSPS) is 11.6. The number of halogens is 4. The Morgan fingerprint density at radius 1 is 0.973 bits per heavy atom. The largest absolute Gasteiger partial charge is 0.497 e. The van der Waals surface area contributed by atoms with Gasteiger partial charge in [-0.3, -0.25) is 0 Å². The van der Waals surface area contributed by atoms with Crippen molar-refractivity contribution in [1.82, 2.24) is 9.97 Å². The van der Waals surface area contributed by atoms with E-state index in [1.165, 1.54) is 6.20 Å². The lowest BCUT2D eigenvalue weighted by atomic mass is 9.98. The van der Waals surface area contributed by atoms with E-state index in [0.717, 1.165) is 29.0 Å². The summed E-state index contributed by atoms with van der Waals surface area (Å²) < 4.78 is 56.7. The summed E-state index contributed by atoms with van der Waals surface area (Å²) in [6, 6.07) is 15.5. The van der Waals surface area contributed by atoms with E-state index in [4.69, 9.17) is 25.8 Å². The molecule has 37 heavy (non-hydrogen) atoms. The lowest BCUT2D eigenvalue weighted by Gasteiger charge is -2.15. The summed E-state index contributed by atoms with van der Waals surface area (Å²) in [5.74, 6) is 1.56. The standard InChI is InChI=1S/C28H26ClF3N2O3/c1-17(2)23-11-21(29)7-6-19(23)16-37-27-12-26(36-15-18-4-8-22(35-3)9-5-18)24(14-34-27)25-10-20(13-33-25)28(30,31)32/h4-14,17,33H,15-16H2,1-3H3. The molecule has 0 bridgehead atoms. The smallest absolute Gasteiger partial charge is 0.417 e. The molecule has 0 fully saturated rings. The van der Waals surface area contributed by atoms with Crippen molar-refractivity contribution in [3.8, 4) is 28.6 Å². The van der Waals surface area contributed by atoms with Crippen molar-refractivity contribution in [3.05, 3.63) is 94.3 Å². The third kappa shape index (κ3) is 6.57. The van der Waals surface area contributed by atoms with Crippen LogP contribution in [0.2, 0.25) is 5.02 Å². The summed E-state index contributed by atoms with van der Waals surface area (Å²) in [7, 11) is 1.58. The molecule has 2 heterocycles. The first-order valence-corrected chi connectivity index (χ1v) is 11.9. The van der Waals surface area contributed by atoms with Crippen LogP contribution in [-0.4, -0.2) is 17.1 Å². The van der Waals surface area contributed by atoms with Gasteiger partial charge in [-0.05, 0) is 52.9 Å².